The Bertz CT molecular complexity index is 217. The van der Waals surface area contributed by atoms with Gasteiger partial charge in [-0.3, -0.25) is 13.0 Å². The van der Waals surface area contributed by atoms with Gasteiger partial charge in [0.15, 0.2) is 0 Å². The summed E-state index contributed by atoms with van der Waals surface area (Å²) in [5.74, 6) is 0. The minimum atomic E-state index is -5.17. The minimum absolute atomic E-state index is 0. The van der Waals surface area contributed by atoms with E-state index in [2.05, 4.69) is 0 Å². The molecule has 0 aromatic heterocycles. The molecule has 0 aliphatic rings. The molecule has 86 valence electrons. The molecule has 0 aliphatic carbocycles. The summed E-state index contributed by atoms with van der Waals surface area (Å²) in [6, 6.07) is 0. The zero-order valence-electron chi connectivity index (χ0n) is 8.61. The third kappa shape index (κ3) is 203. The van der Waals surface area contributed by atoms with Gasteiger partial charge in [-0.15, -0.1) is 0 Å². The summed E-state index contributed by atoms with van der Waals surface area (Å²) in [6.07, 6.45) is 0. The van der Waals surface area contributed by atoms with Crippen LogP contribution in [0.4, 0.5) is 0 Å². The van der Waals surface area contributed by atoms with Crippen molar-refractivity contribution in [1.29, 1.82) is 0 Å². The first-order valence-corrected chi connectivity index (χ1v) is 4.30. The van der Waals surface area contributed by atoms with Crippen molar-refractivity contribution in [3.8, 4) is 0 Å². The molecule has 0 unspecified atom stereocenters. The van der Waals surface area contributed by atoms with Gasteiger partial charge >= 0.3 is 243 Å². The summed E-state index contributed by atoms with van der Waals surface area (Å²) in [5.41, 5.74) is 0. The van der Waals surface area contributed by atoms with E-state index in [-0.39, 0.29) is 255 Å². The van der Waals surface area contributed by atoms with Crippen LogP contribution >= 0.6 is 7.82 Å². The summed E-state index contributed by atoms with van der Waals surface area (Å²) in [5, 5.41) is 0. The Morgan fingerprint density at radius 2 is 0.833 bits per heavy atom. The van der Waals surface area contributed by atoms with Crippen molar-refractivity contribution in [3.63, 3.8) is 0 Å². The molecule has 0 fully saturated rings. The van der Waals surface area contributed by atoms with E-state index in [0.717, 1.165) is 0 Å². The van der Waals surface area contributed by atoms with Crippen LogP contribution in [0.5, 0.6) is 0 Å². The van der Waals surface area contributed by atoms with Crippen molar-refractivity contribution in [2.75, 3.05) is 0 Å². The molecule has 0 aromatic rings. The quantitative estimate of drug-likeness (QED) is 0.126. The summed E-state index contributed by atoms with van der Waals surface area (Å²) in [7, 11) is -10.1. The summed E-state index contributed by atoms with van der Waals surface area (Å²) >= 11 is 0. The first-order valence-electron chi connectivity index (χ1n) is 1.43. The van der Waals surface area contributed by atoms with Crippen LogP contribution in [0, 0.1) is 0 Å². The maximum absolute atomic E-state index is 8.77. The molecule has 0 saturated carbocycles. The van der Waals surface area contributed by atoms with Crippen LogP contribution in [0.15, 0.2) is 0 Å². The Balaban J connectivity index is -0.00000000615. The van der Waals surface area contributed by atoms with Gasteiger partial charge in [0.05, 0.1) is 0 Å². The van der Waals surface area contributed by atoms with E-state index in [4.69, 9.17) is 36.8 Å². The van der Waals surface area contributed by atoms with E-state index in [1.54, 1.807) is 0 Å². The van der Waals surface area contributed by atoms with Gasteiger partial charge in [0.1, 0.15) is 0 Å². The van der Waals surface area contributed by atoms with Gasteiger partial charge in [0.25, 0.3) is 7.82 Å². The van der Waals surface area contributed by atoms with Crippen LogP contribution in [-0.2, 0) is 15.0 Å². The molecule has 18 heteroatoms. The van der Waals surface area contributed by atoms with Gasteiger partial charge < -0.3 is 36.1 Å². The van der Waals surface area contributed by atoms with Gasteiger partial charge in [0.2, 0.25) is 0 Å². The zero-order chi connectivity index (χ0) is 9.00. The third-order valence-corrected chi connectivity index (χ3v) is 0. The molecular weight excluding hydrogens is 405 g/mol. The fourth-order valence-corrected chi connectivity index (χ4v) is 0. The predicted molar refractivity (Wildman–Crippen MR) is 54.0 cm³/mol. The van der Waals surface area contributed by atoms with E-state index in [9.17, 15) is 0 Å². The van der Waals surface area contributed by atoms with Gasteiger partial charge in [-0.05, 0) is 0 Å². The second-order valence-electron chi connectivity index (χ2n) is 0.899. The Kier molecular flexibility index (Phi) is 127. The first kappa shape index (κ1) is 63.6. The zero-order valence-corrected chi connectivity index (χ0v) is 19.7. The van der Waals surface area contributed by atoms with Crippen LogP contribution in [-0.4, -0.2) is 116 Å². The standard InChI is InChI=1S/3K.2H3N.3Na.H3O4P.H2O4S.3H/c;;;;;;;;2*1-5(2,3)4;;;/h;;;2*1H3;;;;(H3,1,2,3,4);(H2,1,2,3,4);;;/q3*+1;;;;;;;;;;/p-3. The molecule has 10 nitrogen and oxygen atoms in total. The molecule has 0 atom stereocenters. The molecule has 0 radical (unpaired) electrons. The van der Waals surface area contributed by atoms with Crippen molar-refractivity contribution < 1.29 is 191 Å². The molecule has 18 heavy (non-hydrogen) atoms. The Morgan fingerprint density at radius 3 is 0.833 bits per heavy atom. The molecule has 0 heterocycles. The van der Waals surface area contributed by atoms with E-state index in [1.165, 1.54) is 0 Å². The fraction of sp³-hybridized carbons (Fsp3) is 0. The van der Waals surface area contributed by atoms with Gasteiger partial charge in [0, 0.05) is 10.4 Å². The first-order chi connectivity index (χ1) is 4.00. The number of hydrogen-bond acceptors (Lipinski definition) is 8. The average Bonchev–Trinajstić information content (AvgIpc) is 1.12. The summed E-state index contributed by atoms with van der Waals surface area (Å²) < 4.78 is 42.9. The monoisotopic (exact) mass is 416 g/mol. The molecule has 8 N–H and O–H groups in total. The molecule has 0 spiro atoms. The van der Waals surface area contributed by atoms with E-state index in [1.807, 2.05) is 0 Å². The second kappa shape index (κ2) is 35.8. The SMILES string of the molecule is N.N.O=P([O-])(O)O.O=S(=O)([O-])[O-].[K+].[K+].[K+].[NaH].[NaH].[NaH]. The number of hydrogen-bond donors (Lipinski definition) is 4. The Morgan fingerprint density at radius 1 is 0.833 bits per heavy atom. The summed E-state index contributed by atoms with van der Waals surface area (Å²) in [6.45, 7) is 0. The predicted octanol–water partition coefficient (Wildman–Crippen LogP) is -13.5. The topological polar surface area (TPSA) is 231 Å². The number of phosphoric acid groups is 1. The molecule has 0 aromatic carbocycles. The van der Waals surface area contributed by atoms with Crippen LogP contribution in [0.2, 0.25) is 0 Å². The average molecular weight is 416 g/mol. The van der Waals surface area contributed by atoms with Crippen molar-refractivity contribution in [1.82, 2.24) is 12.3 Å². The van der Waals surface area contributed by atoms with Crippen molar-refractivity contribution in [2.45, 2.75) is 0 Å². The van der Waals surface area contributed by atoms with E-state index >= 15 is 0 Å². The van der Waals surface area contributed by atoms with E-state index in [0.29, 0.717) is 0 Å². The van der Waals surface area contributed by atoms with Crippen molar-refractivity contribution in [2.24, 2.45) is 0 Å². The molecule has 0 amide bonds. The molecule has 0 aliphatic heterocycles. The second-order valence-corrected chi connectivity index (χ2v) is 2.70. The Hall–Kier alpha value is 7.81. The third-order valence-electron chi connectivity index (χ3n) is 0. The number of rotatable bonds is 0. The molecule has 0 rings (SSSR count). The summed E-state index contributed by atoms with van der Waals surface area (Å²) in [4.78, 5) is 22.9. The normalized spacial score (nSPS) is 6.50. The van der Waals surface area contributed by atoms with Crippen LogP contribution in [0.25, 0.3) is 0 Å². The molecular formula is H11K3N2Na3O8PS. The Labute approximate surface area is 300 Å². The van der Waals surface area contributed by atoms with Crippen LogP contribution < -0.4 is 171 Å². The van der Waals surface area contributed by atoms with Gasteiger partial charge in [-0.25, -0.2) is 0 Å². The van der Waals surface area contributed by atoms with Crippen LogP contribution in [0.3, 0.4) is 0 Å². The van der Waals surface area contributed by atoms with Gasteiger partial charge in [-0.1, -0.05) is 0 Å². The fourth-order valence-electron chi connectivity index (χ4n) is 0. The van der Waals surface area contributed by atoms with Crippen LogP contribution in [0.1, 0.15) is 0 Å². The molecule has 0 bridgehead atoms. The van der Waals surface area contributed by atoms with Crippen molar-refractivity contribution >= 4 is 107 Å². The van der Waals surface area contributed by atoms with E-state index < -0.39 is 18.2 Å². The van der Waals surface area contributed by atoms with Crippen molar-refractivity contribution in [3.05, 3.63) is 0 Å². The molecule has 0 saturated heterocycles. The maximum atomic E-state index is 8.77. The van der Waals surface area contributed by atoms with Gasteiger partial charge in [-0.2, -0.15) is 0 Å².